The number of para-hydroxylation sites is 1. The summed E-state index contributed by atoms with van der Waals surface area (Å²) < 4.78 is 6.76. The number of anilines is 1. The maximum Gasteiger partial charge on any atom is 0.277 e. The molecule has 0 aliphatic carbocycles. The predicted molar refractivity (Wildman–Crippen MR) is 115 cm³/mol. The molecule has 2 heterocycles. The second kappa shape index (κ2) is 8.93. The lowest BCUT2D eigenvalue weighted by molar-refractivity contribution is 0.0944. The van der Waals surface area contributed by atoms with E-state index in [-0.39, 0.29) is 23.9 Å². The van der Waals surface area contributed by atoms with Crippen LogP contribution >= 0.6 is 12.4 Å². The van der Waals surface area contributed by atoms with Crippen LogP contribution in [-0.4, -0.2) is 33.9 Å². The Labute approximate surface area is 173 Å². The number of nitrogen functional groups attached to an aromatic ring is 1. The molecule has 0 spiro atoms. The Morgan fingerprint density at radius 3 is 2.66 bits per heavy atom. The van der Waals surface area contributed by atoms with E-state index >= 15 is 0 Å². The Kier molecular flexibility index (Phi) is 6.36. The van der Waals surface area contributed by atoms with Crippen molar-refractivity contribution in [2.45, 2.75) is 20.0 Å². The molecule has 4 aromatic rings. The minimum Gasteiger partial charge on any atom is -0.379 e. The molecule has 0 saturated carbocycles. The van der Waals surface area contributed by atoms with Crippen LogP contribution in [0.1, 0.15) is 23.0 Å². The standard InChI is InChI=1S/C20H22N6O2.ClH/c1-2-26-16-6-4-3-5-14(16)15-11-13(7-8-17(15)26)12-22-9-10-23-20(27)18-19(21)25-28-24-18;/h3-8,11,22H,2,9-10,12H2,1H3,(H2,21,25)(H,23,27);1H. The number of amides is 1. The van der Waals surface area contributed by atoms with Crippen LogP contribution in [0.15, 0.2) is 47.1 Å². The topological polar surface area (TPSA) is 111 Å². The van der Waals surface area contributed by atoms with E-state index in [1.807, 2.05) is 0 Å². The van der Waals surface area contributed by atoms with Crippen molar-refractivity contribution < 1.29 is 9.42 Å². The Balaban J connectivity index is 0.00000240. The molecule has 0 bridgehead atoms. The number of aromatic nitrogens is 3. The van der Waals surface area contributed by atoms with E-state index in [0.717, 1.165) is 6.54 Å². The molecule has 0 radical (unpaired) electrons. The van der Waals surface area contributed by atoms with Gasteiger partial charge in [-0.15, -0.1) is 12.4 Å². The van der Waals surface area contributed by atoms with Gasteiger partial charge in [0.2, 0.25) is 11.5 Å². The second-order valence-electron chi connectivity index (χ2n) is 6.54. The van der Waals surface area contributed by atoms with Crippen LogP contribution in [0.5, 0.6) is 0 Å². The van der Waals surface area contributed by atoms with E-state index in [2.05, 4.69) is 79.5 Å². The minimum atomic E-state index is -0.394. The molecule has 29 heavy (non-hydrogen) atoms. The third kappa shape index (κ3) is 4.03. The first kappa shape index (κ1) is 20.6. The summed E-state index contributed by atoms with van der Waals surface area (Å²) in [7, 11) is 0. The van der Waals surface area contributed by atoms with Gasteiger partial charge in [-0.05, 0) is 41.0 Å². The molecule has 2 aromatic carbocycles. The van der Waals surface area contributed by atoms with Gasteiger partial charge in [0.15, 0.2) is 0 Å². The maximum atomic E-state index is 11.9. The molecule has 8 nitrogen and oxygen atoms in total. The van der Waals surface area contributed by atoms with Crippen LogP contribution in [-0.2, 0) is 13.1 Å². The number of rotatable bonds is 7. The van der Waals surface area contributed by atoms with Gasteiger partial charge in [0.25, 0.3) is 5.91 Å². The maximum absolute atomic E-state index is 11.9. The molecule has 4 N–H and O–H groups in total. The van der Waals surface area contributed by atoms with Crippen molar-refractivity contribution in [3.05, 3.63) is 53.7 Å². The lowest BCUT2D eigenvalue weighted by Gasteiger charge is -2.07. The molecule has 0 saturated heterocycles. The van der Waals surface area contributed by atoms with E-state index in [0.29, 0.717) is 19.6 Å². The fourth-order valence-corrected chi connectivity index (χ4v) is 3.49. The first-order valence-corrected chi connectivity index (χ1v) is 9.26. The average molecular weight is 415 g/mol. The molecule has 4 rings (SSSR count). The largest absolute Gasteiger partial charge is 0.379 e. The zero-order valence-electron chi connectivity index (χ0n) is 16.0. The summed E-state index contributed by atoms with van der Waals surface area (Å²) >= 11 is 0. The number of hydrogen-bond acceptors (Lipinski definition) is 6. The van der Waals surface area contributed by atoms with Crippen LogP contribution in [0.25, 0.3) is 21.8 Å². The Hall–Kier alpha value is -3.10. The minimum absolute atomic E-state index is 0. The summed E-state index contributed by atoms with van der Waals surface area (Å²) in [5, 5.41) is 15.5. The SMILES string of the molecule is CCn1c2ccccc2c2cc(CNCCNC(=O)c3nonc3N)ccc21.Cl. The number of benzene rings is 2. The van der Waals surface area contributed by atoms with Crippen LogP contribution < -0.4 is 16.4 Å². The number of carbonyl (C=O) groups is 1. The Morgan fingerprint density at radius 1 is 1.10 bits per heavy atom. The lowest BCUT2D eigenvalue weighted by atomic mass is 10.1. The quantitative estimate of drug-likeness (QED) is 0.401. The smallest absolute Gasteiger partial charge is 0.277 e. The Bertz CT molecular complexity index is 1140. The number of nitrogens with one attached hydrogen (secondary N) is 2. The molecule has 2 aromatic heterocycles. The molecular weight excluding hydrogens is 392 g/mol. The van der Waals surface area contributed by atoms with Crippen LogP contribution in [0.3, 0.4) is 0 Å². The van der Waals surface area contributed by atoms with Crippen LogP contribution in [0.4, 0.5) is 5.82 Å². The second-order valence-corrected chi connectivity index (χ2v) is 6.54. The number of carbonyl (C=O) groups excluding carboxylic acids is 1. The number of fused-ring (bicyclic) bond motifs is 3. The van der Waals surface area contributed by atoms with E-state index in [9.17, 15) is 4.79 Å². The highest BCUT2D eigenvalue weighted by atomic mass is 35.5. The molecule has 1 amide bonds. The van der Waals surface area contributed by atoms with Crippen molar-refractivity contribution in [1.82, 2.24) is 25.5 Å². The van der Waals surface area contributed by atoms with Crippen molar-refractivity contribution in [3.63, 3.8) is 0 Å². The van der Waals surface area contributed by atoms with Gasteiger partial charge in [0.05, 0.1) is 0 Å². The van der Waals surface area contributed by atoms with E-state index in [4.69, 9.17) is 5.73 Å². The normalized spacial score (nSPS) is 10.9. The van der Waals surface area contributed by atoms with Gasteiger partial charge >= 0.3 is 0 Å². The van der Waals surface area contributed by atoms with Gasteiger partial charge in [0, 0.05) is 48.0 Å². The van der Waals surface area contributed by atoms with E-state index in [1.165, 1.54) is 27.4 Å². The summed E-state index contributed by atoms with van der Waals surface area (Å²) in [5.41, 5.74) is 9.22. The fourth-order valence-electron chi connectivity index (χ4n) is 3.49. The first-order chi connectivity index (χ1) is 13.7. The molecule has 9 heteroatoms. The zero-order valence-corrected chi connectivity index (χ0v) is 16.8. The summed E-state index contributed by atoms with van der Waals surface area (Å²) in [5.74, 6) is -0.403. The number of halogens is 1. The summed E-state index contributed by atoms with van der Waals surface area (Å²) in [4.78, 5) is 11.9. The first-order valence-electron chi connectivity index (χ1n) is 9.26. The monoisotopic (exact) mass is 414 g/mol. The molecular formula is C20H23ClN6O2. The van der Waals surface area contributed by atoms with Gasteiger partial charge in [-0.1, -0.05) is 24.3 Å². The third-order valence-corrected chi connectivity index (χ3v) is 4.80. The number of nitrogens with zero attached hydrogens (tertiary/aromatic N) is 3. The fraction of sp³-hybridized carbons (Fsp3) is 0.250. The van der Waals surface area contributed by atoms with E-state index in [1.54, 1.807) is 0 Å². The highest BCUT2D eigenvalue weighted by Crippen LogP contribution is 2.29. The highest BCUT2D eigenvalue weighted by Gasteiger charge is 2.15. The van der Waals surface area contributed by atoms with Crippen molar-refractivity contribution in [2.24, 2.45) is 0 Å². The summed E-state index contributed by atoms with van der Waals surface area (Å²) in [6, 6.07) is 15.0. The molecule has 0 atom stereocenters. The average Bonchev–Trinajstić information content (AvgIpc) is 3.28. The molecule has 0 aliphatic heterocycles. The number of hydrogen-bond donors (Lipinski definition) is 3. The molecule has 0 aliphatic rings. The van der Waals surface area contributed by atoms with Crippen molar-refractivity contribution in [3.8, 4) is 0 Å². The Morgan fingerprint density at radius 2 is 1.90 bits per heavy atom. The third-order valence-electron chi connectivity index (χ3n) is 4.80. The van der Waals surface area contributed by atoms with Crippen LogP contribution in [0, 0.1) is 0 Å². The zero-order chi connectivity index (χ0) is 19.5. The number of nitrogens with two attached hydrogens (primary N) is 1. The van der Waals surface area contributed by atoms with Crippen molar-refractivity contribution >= 4 is 45.9 Å². The molecule has 152 valence electrons. The molecule has 0 fully saturated rings. The highest BCUT2D eigenvalue weighted by molar-refractivity contribution is 6.08. The molecule has 0 unspecified atom stereocenters. The van der Waals surface area contributed by atoms with Crippen molar-refractivity contribution in [1.29, 1.82) is 0 Å². The predicted octanol–water partition coefficient (Wildman–Crippen LogP) is 2.72. The van der Waals surface area contributed by atoms with Gasteiger partial charge in [-0.25, -0.2) is 4.63 Å². The summed E-state index contributed by atoms with van der Waals surface area (Å²) in [6.45, 7) is 4.88. The number of aryl methyl sites for hydroxylation is 1. The van der Waals surface area contributed by atoms with Gasteiger partial charge < -0.3 is 20.9 Å². The van der Waals surface area contributed by atoms with Crippen LogP contribution in [0.2, 0.25) is 0 Å². The van der Waals surface area contributed by atoms with E-state index < -0.39 is 5.91 Å². The lowest BCUT2D eigenvalue weighted by Crippen LogP contribution is -2.32. The van der Waals surface area contributed by atoms with Crippen molar-refractivity contribution in [2.75, 3.05) is 18.8 Å². The van der Waals surface area contributed by atoms with Gasteiger partial charge in [0.1, 0.15) is 0 Å². The summed E-state index contributed by atoms with van der Waals surface area (Å²) in [6.07, 6.45) is 0. The van der Waals surface area contributed by atoms with Gasteiger partial charge in [-0.2, -0.15) is 0 Å². The van der Waals surface area contributed by atoms with Gasteiger partial charge in [-0.3, -0.25) is 4.79 Å².